The zero-order valence-corrected chi connectivity index (χ0v) is 31.1. The number of benzene rings is 5. The van der Waals surface area contributed by atoms with Crippen LogP contribution < -0.4 is 13.6 Å². The molecule has 1 atom stereocenters. The van der Waals surface area contributed by atoms with Crippen LogP contribution >= 0.6 is 17.0 Å². The van der Waals surface area contributed by atoms with Gasteiger partial charge < -0.3 is 0 Å². The van der Waals surface area contributed by atoms with Crippen molar-refractivity contribution in [3.8, 4) is 33.4 Å². The van der Waals surface area contributed by atoms with Crippen LogP contribution in [0.2, 0.25) is 0 Å². The third kappa shape index (κ3) is 5.27. The van der Waals surface area contributed by atoms with E-state index >= 15 is 0 Å². The Bertz CT molecular complexity index is 1890. The van der Waals surface area contributed by atoms with Crippen molar-refractivity contribution in [3.05, 3.63) is 131 Å². The molecule has 0 bridgehead atoms. The fourth-order valence-electron chi connectivity index (χ4n) is 7.62. The van der Waals surface area contributed by atoms with Crippen LogP contribution in [0.25, 0.3) is 39.5 Å². The molecule has 0 nitrogen and oxygen atoms in total. The van der Waals surface area contributed by atoms with Crippen LogP contribution in [0, 0.1) is 5.92 Å². The summed E-state index contributed by atoms with van der Waals surface area (Å²) in [5.41, 5.74) is 13.5. The molecule has 5 aromatic carbocycles. The van der Waals surface area contributed by atoms with Gasteiger partial charge in [0.1, 0.15) is 0 Å². The first-order valence-electron chi connectivity index (χ1n) is 16.0. The molecule has 0 fully saturated rings. The number of aryl methyl sites for hydroxylation is 1. The first-order chi connectivity index (χ1) is 21.4. The minimum atomic E-state index is -4.05. The summed E-state index contributed by atoms with van der Waals surface area (Å²) in [4.78, 5) is 0. The molecule has 0 radical (unpaired) electrons. The Morgan fingerprint density at radius 2 is 1.41 bits per heavy atom. The fraction of sp³-hybridized carbons (Fsp3) is 0.200. The molecule has 4 heteroatoms. The maximum absolute atomic E-state index is 7.98. The SMILES string of the molecule is CCCc1ccc2c(c1-c1ccccc1-c1ccccc1)C=C(CC(C)C)[CH]2[Zr]([Cl])([Cl])[c]1cccc2c1[SiH2]c1ccccc1-2. The van der Waals surface area contributed by atoms with E-state index in [-0.39, 0.29) is 3.63 Å². The van der Waals surface area contributed by atoms with Crippen LogP contribution in [0.4, 0.5) is 0 Å². The summed E-state index contributed by atoms with van der Waals surface area (Å²) < 4.78 is 1.40. The van der Waals surface area contributed by atoms with Crippen LogP contribution in [0.3, 0.4) is 0 Å². The molecule has 0 saturated carbocycles. The van der Waals surface area contributed by atoms with Crippen LogP contribution in [0.1, 0.15) is 53.9 Å². The Morgan fingerprint density at radius 1 is 0.727 bits per heavy atom. The predicted molar refractivity (Wildman–Crippen MR) is 193 cm³/mol. The predicted octanol–water partition coefficient (Wildman–Crippen LogP) is 9.34. The van der Waals surface area contributed by atoms with Gasteiger partial charge in [-0.1, -0.05) is 0 Å². The van der Waals surface area contributed by atoms with Gasteiger partial charge in [0, 0.05) is 0 Å². The van der Waals surface area contributed by atoms with Gasteiger partial charge in [0.15, 0.2) is 0 Å². The van der Waals surface area contributed by atoms with E-state index in [1.165, 1.54) is 69.3 Å². The molecule has 2 aliphatic rings. The molecular formula is C40H38Cl2SiZr. The van der Waals surface area contributed by atoms with Crippen molar-refractivity contribution in [3.63, 3.8) is 0 Å². The van der Waals surface area contributed by atoms with Crippen molar-refractivity contribution in [2.75, 3.05) is 0 Å². The van der Waals surface area contributed by atoms with E-state index in [1.54, 1.807) is 0 Å². The Hall–Kier alpha value is -2.48. The van der Waals surface area contributed by atoms with E-state index in [9.17, 15) is 0 Å². The van der Waals surface area contributed by atoms with Gasteiger partial charge in [-0.25, -0.2) is 0 Å². The standard InChI is InChI=1S/C28H29.C12H9Si.2ClH.Zr/c1-4-10-23-15-16-24-18-21(17-20(2)3)19-27(24)28(23)26-14-9-8-13-25(26)22-11-6-5-7-12-22;1-3-7-11-9(5-1)10-6-2-4-8-12(10)13-11;;;/h5-9,11-16,18-20H,4,10,17H2,1-3H3;1-7H,13H2;2*1H;/q;;;;+2/p-2. The van der Waals surface area contributed by atoms with Gasteiger partial charge >= 0.3 is 279 Å². The first kappa shape index (κ1) is 30.2. The topological polar surface area (TPSA) is 0 Å². The second kappa shape index (κ2) is 12.4. The van der Waals surface area contributed by atoms with E-state index in [0.717, 1.165) is 19.3 Å². The van der Waals surface area contributed by atoms with Crippen LogP contribution in [-0.4, -0.2) is 9.52 Å². The molecule has 1 aliphatic heterocycles. The van der Waals surface area contributed by atoms with Crippen molar-refractivity contribution in [2.45, 2.75) is 43.7 Å². The summed E-state index contributed by atoms with van der Waals surface area (Å²) >= 11 is -4.05. The number of fused-ring (bicyclic) bond motifs is 4. The van der Waals surface area contributed by atoms with Gasteiger partial charge in [-0.2, -0.15) is 0 Å². The number of rotatable bonds is 8. The Morgan fingerprint density at radius 3 is 2.16 bits per heavy atom. The second-order valence-electron chi connectivity index (χ2n) is 12.8. The van der Waals surface area contributed by atoms with E-state index in [4.69, 9.17) is 17.0 Å². The Labute approximate surface area is 276 Å². The van der Waals surface area contributed by atoms with Gasteiger partial charge in [0.25, 0.3) is 0 Å². The molecule has 220 valence electrons. The van der Waals surface area contributed by atoms with E-state index in [0.29, 0.717) is 5.92 Å². The Kier molecular flexibility index (Phi) is 8.49. The summed E-state index contributed by atoms with van der Waals surface area (Å²) in [7, 11) is 15.3. The van der Waals surface area contributed by atoms with Gasteiger partial charge in [-0.3, -0.25) is 0 Å². The van der Waals surface area contributed by atoms with Gasteiger partial charge in [0.2, 0.25) is 0 Å². The molecule has 0 amide bonds. The summed E-state index contributed by atoms with van der Waals surface area (Å²) in [5, 5.41) is 3.00. The van der Waals surface area contributed by atoms with Crippen LogP contribution in [0.5, 0.6) is 0 Å². The maximum atomic E-state index is 7.98. The normalized spacial score (nSPS) is 15.8. The van der Waals surface area contributed by atoms with Crippen molar-refractivity contribution in [1.29, 1.82) is 0 Å². The molecule has 44 heavy (non-hydrogen) atoms. The quantitative estimate of drug-likeness (QED) is 0.138. The van der Waals surface area contributed by atoms with Gasteiger partial charge in [-0.05, 0) is 0 Å². The average molecular weight is 709 g/mol. The van der Waals surface area contributed by atoms with Gasteiger partial charge in [-0.15, -0.1) is 0 Å². The molecular weight excluding hydrogens is 671 g/mol. The molecule has 1 aliphatic carbocycles. The average Bonchev–Trinajstić information content (AvgIpc) is 3.59. The molecule has 1 heterocycles. The molecule has 1 unspecified atom stereocenters. The zero-order chi connectivity index (χ0) is 30.4. The van der Waals surface area contributed by atoms with Gasteiger partial charge in [0.05, 0.1) is 0 Å². The van der Waals surface area contributed by atoms with E-state index in [2.05, 4.69) is 136 Å². The zero-order valence-electron chi connectivity index (χ0n) is 25.7. The minimum absolute atomic E-state index is 0.0903. The first-order valence-corrected chi connectivity index (χ1v) is 26.4. The third-order valence-electron chi connectivity index (χ3n) is 9.39. The number of hydrogen-bond donors (Lipinski definition) is 0. The Balaban J connectivity index is 1.44. The molecule has 0 aromatic heterocycles. The van der Waals surface area contributed by atoms with Crippen LogP contribution in [-0.2, 0) is 24.3 Å². The second-order valence-corrected chi connectivity index (χ2v) is 28.6. The van der Waals surface area contributed by atoms with E-state index < -0.39 is 27.4 Å². The van der Waals surface area contributed by atoms with Crippen molar-refractivity contribution < 1.29 is 17.9 Å². The van der Waals surface area contributed by atoms with Crippen molar-refractivity contribution in [2.24, 2.45) is 5.92 Å². The summed E-state index contributed by atoms with van der Waals surface area (Å²) in [6.07, 6.45) is 5.64. The molecule has 0 saturated heterocycles. The summed E-state index contributed by atoms with van der Waals surface area (Å²) in [6.45, 7) is 6.91. The van der Waals surface area contributed by atoms with Crippen LogP contribution in [0.15, 0.2) is 115 Å². The fourth-order valence-corrected chi connectivity index (χ4v) is 24.4. The molecule has 0 N–H and O–H groups in total. The number of halogens is 2. The van der Waals surface area contributed by atoms with Crippen molar-refractivity contribution >= 4 is 46.3 Å². The monoisotopic (exact) mass is 706 g/mol. The number of hydrogen-bond acceptors (Lipinski definition) is 0. The molecule has 7 rings (SSSR count). The third-order valence-corrected chi connectivity index (χ3v) is 23.7. The number of allylic oxidation sites excluding steroid dienone is 1. The summed E-state index contributed by atoms with van der Waals surface area (Å²) in [5.74, 6) is 0.517. The summed E-state index contributed by atoms with van der Waals surface area (Å²) in [6, 6.07) is 40.2. The molecule has 5 aromatic rings. The van der Waals surface area contributed by atoms with E-state index in [1.807, 2.05) is 0 Å². The molecule has 0 spiro atoms. The van der Waals surface area contributed by atoms with Crippen molar-refractivity contribution in [1.82, 2.24) is 0 Å².